The lowest BCUT2D eigenvalue weighted by molar-refractivity contribution is -0.0435. The van der Waals surface area contributed by atoms with Crippen LogP contribution in [0.1, 0.15) is 19.3 Å². The Balaban J connectivity index is 1.91. The zero-order valence-corrected chi connectivity index (χ0v) is 20.7. The summed E-state index contributed by atoms with van der Waals surface area (Å²) in [6.07, 6.45) is 2.39. The molecule has 1 saturated heterocycles. The van der Waals surface area contributed by atoms with Crippen molar-refractivity contribution in [1.29, 1.82) is 0 Å². The van der Waals surface area contributed by atoms with E-state index < -0.39 is 20.2 Å². The molecule has 1 heterocycles. The molecule has 0 amide bonds. The lowest BCUT2D eigenvalue weighted by atomic mass is 10.1. The van der Waals surface area contributed by atoms with Gasteiger partial charge in [0.1, 0.15) is 4.90 Å². The molecule has 6 nitrogen and oxygen atoms in total. The third kappa shape index (κ3) is 6.69. The van der Waals surface area contributed by atoms with Crippen LogP contribution in [-0.4, -0.2) is 61.5 Å². The van der Waals surface area contributed by atoms with Crippen LogP contribution in [0, 0.1) is 0 Å². The summed E-state index contributed by atoms with van der Waals surface area (Å²) in [5, 5.41) is 12.4. The van der Waals surface area contributed by atoms with E-state index in [0.29, 0.717) is 18.7 Å². The van der Waals surface area contributed by atoms with Crippen LogP contribution in [0.5, 0.6) is 0 Å². The molecular formula is C22H26F3N2O4S3+. The average Bonchev–Trinajstić information content (AvgIpc) is 3.24. The second-order valence-corrected chi connectivity index (χ2v) is 11.6. The van der Waals surface area contributed by atoms with Crippen molar-refractivity contribution in [2.75, 3.05) is 30.8 Å². The molecule has 12 heteroatoms. The number of aliphatic hydroxyl groups is 1. The van der Waals surface area contributed by atoms with Crippen molar-refractivity contribution in [1.82, 2.24) is 4.90 Å². The molecule has 0 bridgehead atoms. The van der Waals surface area contributed by atoms with Crippen molar-refractivity contribution in [3.05, 3.63) is 48.5 Å². The minimum absolute atomic E-state index is 0.00958. The summed E-state index contributed by atoms with van der Waals surface area (Å²) < 4.78 is 75.8. The lowest BCUT2D eigenvalue weighted by Gasteiger charge is -2.29. The predicted octanol–water partition coefficient (Wildman–Crippen LogP) is 4.19. The van der Waals surface area contributed by atoms with Gasteiger partial charge in [0.25, 0.3) is 14.7 Å². The number of alkyl halides is 3. The van der Waals surface area contributed by atoms with E-state index in [1.54, 1.807) is 0 Å². The number of nitrogens with zero attached hydrogens (tertiary/aromatic N) is 1. The van der Waals surface area contributed by atoms with Gasteiger partial charge in [-0.2, -0.15) is 13.2 Å². The molecule has 0 radical (unpaired) electrons. The summed E-state index contributed by atoms with van der Waals surface area (Å²) in [4.78, 5) is 2.06. The van der Waals surface area contributed by atoms with E-state index in [-0.39, 0.29) is 40.9 Å². The Morgan fingerprint density at radius 2 is 1.94 bits per heavy atom. The summed E-state index contributed by atoms with van der Waals surface area (Å²) in [6.45, 7) is 1.34. The van der Waals surface area contributed by atoms with E-state index in [1.165, 1.54) is 23.9 Å². The first-order chi connectivity index (χ1) is 16.2. The number of sulfone groups is 1. The molecule has 0 unspecified atom stereocenters. The van der Waals surface area contributed by atoms with Crippen LogP contribution in [-0.2, 0) is 25.7 Å². The highest BCUT2D eigenvalue weighted by Crippen LogP contribution is 2.36. The van der Waals surface area contributed by atoms with Gasteiger partial charge in [0, 0.05) is 45.6 Å². The molecule has 1 aliphatic heterocycles. The van der Waals surface area contributed by atoms with E-state index in [4.69, 9.17) is 0 Å². The van der Waals surface area contributed by atoms with Gasteiger partial charge in [0.15, 0.2) is 0 Å². The summed E-state index contributed by atoms with van der Waals surface area (Å²) in [6, 6.07) is 12.6. The highest BCUT2D eigenvalue weighted by Gasteiger charge is 2.48. The van der Waals surface area contributed by atoms with E-state index >= 15 is 0 Å². The van der Waals surface area contributed by atoms with Crippen LogP contribution < -0.4 is 5.32 Å². The number of nitrogens with one attached hydrogen (secondary N) is 1. The standard InChI is InChI=1S/C22H26F3N2O4S3/c23-22(24,25)34(30,31)21-14-19(33-29)8-9-20(21)26-16(15-32-18-6-2-1-3-7-18)13-17-5-4-10-27(17)11-12-28/h1-3,6-9,14,16-17,26,28H,4-5,10-13,15H2/q+1/t16-,17+/m1/s1. The zero-order valence-electron chi connectivity index (χ0n) is 18.2. The minimum Gasteiger partial charge on any atom is -0.395 e. The normalized spacial score (nSPS) is 18.1. The first-order valence-corrected chi connectivity index (χ1v) is 13.9. The highest BCUT2D eigenvalue weighted by molar-refractivity contribution is 7.99. The predicted molar refractivity (Wildman–Crippen MR) is 127 cm³/mol. The second kappa shape index (κ2) is 11.8. The number of anilines is 1. The summed E-state index contributed by atoms with van der Waals surface area (Å²) in [5.74, 6) is 0.483. The van der Waals surface area contributed by atoms with Gasteiger partial charge in [0.2, 0.25) is 0 Å². The maximum Gasteiger partial charge on any atom is 0.505 e. The molecule has 2 aromatic rings. The van der Waals surface area contributed by atoms with Gasteiger partial charge < -0.3 is 10.4 Å². The van der Waals surface area contributed by atoms with E-state index in [0.717, 1.165) is 30.3 Å². The van der Waals surface area contributed by atoms with Crippen LogP contribution in [0.2, 0.25) is 0 Å². The van der Waals surface area contributed by atoms with Crippen molar-refractivity contribution in [3.63, 3.8) is 0 Å². The summed E-state index contributed by atoms with van der Waals surface area (Å²) in [7, 11) is -5.66. The van der Waals surface area contributed by atoms with Crippen molar-refractivity contribution < 1.29 is 30.9 Å². The Morgan fingerprint density at radius 1 is 1.21 bits per heavy atom. The molecule has 1 fully saturated rings. The molecule has 3 rings (SSSR count). The van der Waals surface area contributed by atoms with Crippen molar-refractivity contribution >= 4 is 39.0 Å². The maximum absolute atomic E-state index is 13.4. The number of hydrogen-bond donors (Lipinski definition) is 2. The molecule has 1 aliphatic rings. The Kier molecular flexibility index (Phi) is 9.33. The van der Waals surface area contributed by atoms with Gasteiger partial charge in [0.05, 0.1) is 12.3 Å². The molecular weight excluding hydrogens is 509 g/mol. The fraction of sp³-hybridized carbons (Fsp3) is 0.455. The van der Waals surface area contributed by atoms with Crippen molar-refractivity contribution in [2.45, 2.75) is 51.5 Å². The topological polar surface area (TPSA) is 86.7 Å². The monoisotopic (exact) mass is 535 g/mol. The van der Waals surface area contributed by atoms with Gasteiger partial charge in [-0.3, -0.25) is 4.90 Å². The summed E-state index contributed by atoms with van der Waals surface area (Å²) >= 11 is 1.45. The number of halogens is 3. The number of β-amino-alcohol motifs (C(OH)–C–C–N with tert-alkyl or cyclic N) is 1. The Bertz CT molecular complexity index is 1070. The molecule has 2 atom stereocenters. The second-order valence-electron chi connectivity index (χ2n) is 7.95. The van der Waals surface area contributed by atoms with Crippen LogP contribution in [0.3, 0.4) is 0 Å². The number of rotatable bonds is 11. The third-order valence-electron chi connectivity index (χ3n) is 5.64. The first-order valence-electron chi connectivity index (χ1n) is 10.7. The zero-order chi connectivity index (χ0) is 24.8. The van der Waals surface area contributed by atoms with Gasteiger partial charge in [-0.15, -0.1) is 11.8 Å². The quantitative estimate of drug-likeness (QED) is 0.330. The van der Waals surface area contributed by atoms with E-state index in [2.05, 4.69) is 10.2 Å². The summed E-state index contributed by atoms with van der Waals surface area (Å²) in [5.41, 5.74) is -5.67. The highest BCUT2D eigenvalue weighted by atomic mass is 32.2. The fourth-order valence-electron chi connectivity index (χ4n) is 4.04. The van der Waals surface area contributed by atoms with Crippen molar-refractivity contribution in [2.24, 2.45) is 0 Å². The van der Waals surface area contributed by atoms with Gasteiger partial charge in [-0.05, 0) is 44.0 Å². The number of likely N-dealkylation sites (tertiary alicyclic amines) is 1. The van der Waals surface area contributed by atoms with Gasteiger partial charge in [-0.25, -0.2) is 8.42 Å². The number of hydrogen-bond acceptors (Lipinski definition) is 7. The van der Waals surface area contributed by atoms with Crippen molar-refractivity contribution in [3.8, 4) is 0 Å². The lowest BCUT2D eigenvalue weighted by Crippen LogP contribution is -2.37. The molecule has 0 aliphatic carbocycles. The maximum atomic E-state index is 13.4. The SMILES string of the molecule is O=[S+]c1ccc(N[C@@H](CSc2ccccc2)C[C@@H]2CCCN2CCO)c(S(=O)(=O)C(F)(F)F)c1. The number of benzene rings is 2. The van der Waals surface area contributed by atoms with Crippen LogP contribution >= 0.6 is 11.8 Å². The molecule has 34 heavy (non-hydrogen) atoms. The van der Waals surface area contributed by atoms with Gasteiger partial charge in [-0.1, -0.05) is 18.2 Å². The first kappa shape index (κ1) is 26.9. The minimum atomic E-state index is -5.66. The molecule has 0 spiro atoms. The smallest absolute Gasteiger partial charge is 0.395 e. The largest absolute Gasteiger partial charge is 0.505 e. The molecule has 0 saturated carbocycles. The molecule has 186 valence electrons. The van der Waals surface area contributed by atoms with E-state index in [9.17, 15) is 30.9 Å². The molecule has 2 aromatic carbocycles. The third-order valence-corrected chi connectivity index (χ3v) is 8.79. The van der Waals surface area contributed by atoms with Gasteiger partial charge >= 0.3 is 17.2 Å². The Hall–Kier alpha value is -1.73. The number of aliphatic hydroxyl groups excluding tert-OH is 1. The van der Waals surface area contributed by atoms with Crippen LogP contribution in [0.4, 0.5) is 18.9 Å². The Labute approximate surface area is 205 Å². The van der Waals surface area contributed by atoms with Crippen LogP contribution in [0.25, 0.3) is 0 Å². The van der Waals surface area contributed by atoms with E-state index in [1.807, 2.05) is 30.3 Å². The average molecular weight is 536 g/mol. The molecule has 0 aromatic heterocycles. The molecule has 2 N–H and O–H groups in total. The number of thioether (sulfide) groups is 1. The fourth-order valence-corrected chi connectivity index (χ4v) is 6.31. The van der Waals surface area contributed by atoms with Crippen LogP contribution in [0.15, 0.2) is 63.2 Å². The Morgan fingerprint density at radius 3 is 2.59 bits per heavy atom.